The molecular weight excluding hydrogens is 188 g/mol. The largest absolute Gasteiger partial charge is 0.339 e. The molecule has 1 atom stereocenters. The molecule has 0 radical (unpaired) electrons. The van der Waals surface area contributed by atoms with Crippen molar-refractivity contribution in [3.63, 3.8) is 0 Å². The summed E-state index contributed by atoms with van der Waals surface area (Å²) in [5, 5.41) is 6.11. The molecule has 3 heteroatoms. The lowest BCUT2D eigenvalue weighted by Crippen LogP contribution is -2.51. The molecule has 1 unspecified atom stereocenters. The minimum Gasteiger partial charge on any atom is -0.339 e. The first kappa shape index (κ1) is 12.1. The fourth-order valence-corrected chi connectivity index (χ4v) is 1.68. The smallest absolute Gasteiger partial charge is 0.238 e. The molecule has 3 nitrogen and oxygen atoms in total. The van der Waals surface area contributed by atoms with E-state index in [2.05, 4.69) is 16.6 Å². The van der Waals surface area contributed by atoms with Crippen molar-refractivity contribution in [1.82, 2.24) is 10.6 Å². The van der Waals surface area contributed by atoms with E-state index in [0.29, 0.717) is 0 Å². The monoisotopic (exact) mass is 208 g/mol. The van der Waals surface area contributed by atoms with E-state index in [1.54, 1.807) is 0 Å². The first-order chi connectivity index (χ1) is 7.05. The van der Waals surface area contributed by atoms with Crippen LogP contribution < -0.4 is 10.6 Å². The molecule has 2 N–H and O–H groups in total. The van der Waals surface area contributed by atoms with E-state index in [-0.39, 0.29) is 11.9 Å². The molecule has 1 amide bonds. The molecule has 0 spiro atoms. The number of carbonyl (C=O) groups is 1. The van der Waals surface area contributed by atoms with Crippen LogP contribution in [0.5, 0.6) is 0 Å². The van der Waals surface area contributed by atoms with Crippen molar-refractivity contribution in [1.29, 1.82) is 0 Å². The molecule has 1 heterocycles. The highest BCUT2D eigenvalue weighted by Gasteiger charge is 2.24. The van der Waals surface area contributed by atoms with E-state index >= 15 is 0 Å². The molecule has 0 aliphatic carbocycles. The van der Waals surface area contributed by atoms with Crippen LogP contribution >= 0.6 is 0 Å². The van der Waals surface area contributed by atoms with Crippen molar-refractivity contribution in [2.45, 2.75) is 51.1 Å². The lowest BCUT2D eigenvalue weighted by Gasteiger charge is -2.23. The van der Waals surface area contributed by atoms with Gasteiger partial charge in [-0.05, 0) is 33.2 Å². The number of rotatable bonds is 2. The fraction of sp³-hybridized carbons (Fsp3) is 0.750. The lowest BCUT2D eigenvalue weighted by molar-refractivity contribution is -0.124. The summed E-state index contributed by atoms with van der Waals surface area (Å²) in [6, 6.07) is -0.0693. The molecule has 0 saturated carbocycles. The molecule has 1 fully saturated rings. The van der Waals surface area contributed by atoms with E-state index in [1.165, 1.54) is 6.42 Å². The topological polar surface area (TPSA) is 41.1 Å². The molecule has 0 aromatic rings. The van der Waals surface area contributed by atoms with Crippen LogP contribution in [0.25, 0.3) is 0 Å². The molecule has 0 aromatic carbocycles. The number of amides is 1. The minimum absolute atomic E-state index is 0.0276. The second kappa shape index (κ2) is 5.18. The maximum absolute atomic E-state index is 11.9. The van der Waals surface area contributed by atoms with Gasteiger partial charge in [0.25, 0.3) is 0 Å². The standard InChI is InChI=1S/C12H20N2O/c1-4-12(2,3)14-11(15)10-8-6-5-7-9-13-10/h1,10,13H,5-9H2,2-3H3,(H,14,15). The van der Waals surface area contributed by atoms with Crippen LogP contribution in [0.3, 0.4) is 0 Å². The van der Waals surface area contributed by atoms with Crippen LogP contribution in [-0.2, 0) is 4.79 Å². The van der Waals surface area contributed by atoms with E-state index in [9.17, 15) is 4.79 Å². The second-order valence-electron chi connectivity index (χ2n) is 4.61. The molecule has 84 valence electrons. The third-order valence-electron chi connectivity index (χ3n) is 2.67. The Bertz CT molecular complexity index is 257. The van der Waals surface area contributed by atoms with Gasteiger partial charge in [-0.1, -0.05) is 18.8 Å². The van der Waals surface area contributed by atoms with Crippen LogP contribution in [-0.4, -0.2) is 24.0 Å². The summed E-state index contributed by atoms with van der Waals surface area (Å²) in [6.07, 6.45) is 9.71. The molecule has 0 bridgehead atoms. The lowest BCUT2D eigenvalue weighted by atomic mass is 10.0. The molecule has 15 heavy (non-hydrogen) atoms. The Morgan fingerprint density at radius 1 is 1.47 bits per heavy atom. The number of hydrogen-bond donors (Lipinski definition) is 2. The predicted molar refractivity (Wildman–Crippen MR) is 61.3 cm³/mol. The maximum Gasteiger partial charge on any atom is 0.238 e. The van der Waals surface area contributed by atoms with Gasteiger partial charge >= 0.3 is 0 Å². The summed E-state index contributed by atoms with van der Waals surface area (Å²) in [5.74, 6) is 2.59. The Morgan fingerprint density at radius 3 is 2.87 bits per heavy atom. The molecule has 1 rings (SSSR count). The summed E-state index contributed by atoms with van der Waals surface area (Å²) in [6.45, 7) is 4.60. The van der Waals surface area contributed by atoms with Gasteiger partial charge < -0.3 is 10.6 Å². The van der Waals surface area contributed by atoms with E-state index in [1.807, 2.05) is 13.8 Å². The van der Waals surface area contributed by atoms with Crippen LogP contribution in [0.2, 0.25) is 0 Å². The van der Waals surface area contributed by atoms with Gasteiger partial charge in [0.2, 0.25) is 5.91 Å². The van der Waals surface area contributed by atoms with Gasteiger partial charge in [-0.25, -0.2) is 0 Å². The number of carbonyl (C=O) groups excluding carboxylic acids is 1. The Hall–Kier alpha value is -1.01. The first-order valence-corrected chi connectivity index (χ1v) is 5.58. The van der Waals surface area contributed by atoms with Crippen molar-refractivity contribution in [3.8, 4) is 12.3 Å². The third kappa shape index (κ3) is 3.93. The molecule has 1 aliphatic heterocycles. The van der Waals surface area contributed by atoms with Crippen LogP contribution in [0, 0.1) is 12.3 Å². The quantitative estimate of drug-likeness (QED) is 0.666. The van der Waals surface area contributed by atoms with Gasteiger partial charge in [-0.15, -0.1) is 6.42 Å². The van der Waals surface area contributed by atoms with E-state index in [0.717, 1.165) is 25.8 Å². The average Bonchev–Trinajstić information content (AvgIpc) is 2.45. The van der Waals surface area contributed by atoms with Gasteiger partial charge in [-0.3, -0.25) is 4.79 Å². The molecule has 1 aliphatic rings. The zero-order valence-corrected chi connectivity index (χ0v) is 9.60. The van der Waals surface area contributed by atoms with Crippen LogP contribution in [0.4, 0.5) is 0 Å². The van der Waals surface area contributed by atoms with Gasteiger partial charge in [0.05, 0.1) is 11.6 Å². The average molecular weight is 208 g/mol. The second-order valence-corrected chi connectivity index (χ2v) is 4.61. The fourth-order valence-electron chi connectivity index (χ4n) is 1.68. The Balaban J connectivity index is 2.49. The molecule has 0 aromatic heterocycles. The zero-order chi connectivity index (χ0) is 11.3. The highest BCUT2D eigenvalue weighted by molar-refractivity contribution is 5.82. The number of nitrogens with one attached hydrogen (secondary N) is 2. The maximum atomic E-state index is 11.9. The third-order valence-corrected chi connectivity index (χ3v) is 2.67. The van der Waals surface area contributed by atoms with Crippen molar-refractivity contribution in [2.24, 2.45) is 0 Å². The highest BCUT2D eigenvalue weighted by Crippen LogP contribution is 2.09. The Morgan fingerprint density at radius 2 is 2.20 bits per heavy atom. The van der Waals surface area contributed by atoms with Crippen molar-refractivity contribution in [2.75, 3.05) is 6.54 Å². The number of terminal acetylenes is 1. The number of hydrogen-bond acceptors (Lipinski definition) is 2. The van der Waals surface area contributed by atoms with Gasteiger partial charge in [0.15, 0.2) is 0 Å². The van der Waals surface area contributed by atoms with Crippen LogP contribution in [0.15, 0.2) is 0 Å². The van der Waals surface area contributed by atoms with Crippen molar-refractivity contribution < 1.29 is 4.79 Å². The van der Waals surface area contributed by atoms with E-state index < -0.39 is 5.54 Å². The van der Waals surface area contributed by atoms with E-state index in [4.69, 9.17) is 6.42 Å². The normalized spacial score (nSPS) is 22.6. The summed E-state index contributed by atoms with van der Waals surface area (Å²) in [4.78, 5) is 11.9. The predicted octanol–water partition coefficient (Wildman–Crippen LogP) is 1.05. The molecular formula is C12H20N2O. The van der Waals surface area contributed by atoms with Gasteiger partial charge in [-0.2, -0.15) is 0 Å². The van der Waals surface area contributed by atoms with Gasteiger partial charge in [0.1, 0.15) is 0 Å². The first-order valence-electron chi connectivity index (χ1n) is 5.58. The van der Waals surface area contributed by atoms with Crippen molar-refractivity contribution in [3.05, 3.63) is 0 Å². The van der Waals surface area contributed by atoms with Crippen molar-refractivity contribution >= 4 is 5.91 Å². The summed E-state index contributed by atoms with van der Waals surface area (Å²) in [5.41, 5.74) is -0.551. The summed E-state index contributed by atoms with van der Waals surface area (Å²) >= 11 is 0. The van der Waals surface area contributed by atoms with Crippen LogP contribution in [0.1, 0.15) is 39.5 Å². The highest BCUT2D eigenvalue weighted by atomic mass is 16.2. The zero-order valence-electron chi connectivity index (χ0n) is 9.60. The SMILES string of the molecule is C#CC(C)(C)NC(=O)C1CCCCCN1. The Labute approximate surface area is 92.0 Å². The minimum atomic E-state index is -0.551. The summed E-state index contributed by atoms with van der Waals surface area (Å²) < 4.78 is 0. The van der Waals surface area contributed by atoms with Gasteiger partial charge in [0, 0.05) is 0 Å². The Kier molecular flexibility index (Phi) is 4.16. The molecule has 1 saturated heterocycles. The summed E-state index contributed by atoms with van der Waals surface area (Å²) in [7, 11) is 0.